The molecule has 2 aromatic carbocycles. The molecule has 0 aliphatic carbocycles. The highest BCUT2D eigenvalue weighted by Gasteiger charge is 2.37. The molecule has 8 heteroatoms. The van der Waals surface area contributed by atoms with Crippen molar-refractivity contribution in [3.05, 3.63) is 58.1 Å². The second-order valence-electron chi connectivity index (χ2n) is 5.04. The molecule has 0 radical (unpaired) electrons. The van der Waals surface area contributed by atoms with E-state index >= 15 is 0 Å². The second kappa shape index (κ2) is 5.77. The van der Waals surface area contributed by atoms with Gasteiger partial charge < -0.3 is 0 Å². The third kappa shape index (κ3) is 3.17. The van der Waals surface area contributed by atoms with Gasteiger partial charge in [-0.2, -0.15) is 26.3 Å². The Hall–Kier alpha value is -1.54. The van der Waals surface area contributed by atoms with E-state index in [9.17, 15) is 26.3 Å². The lowest BCUT2D eigenvalue weighted by molar-refractivity contribution is -0.143. The maximum absolute atomic E-state index is 13.0. The molecule has 0 aliphatic heterocycles. The van der Waals surface area contributed by atoms with Gasteiger partial charge >= 0.3 is 12.4 Å². The van der Waals surface area contributed by atoms with Crippen molar-refractivity contribution in [1.29, 1.82) is 0 Å². The highest BCUT2D eigenvalue weighted by Crippen LogP contribution is 2.45. The Morgan fingerprint density at radius 2 is 1.33 bits per heavy atom. The van der Waals surface area contributed by atoms with Gasteiger partial charge in [0.25, 0.3) is 0 Å². The highest BCUT2D eigenvalue weighted by molar-refractivity contribution is 9.10. The van der Waals surface area contributed by atoms with Gasteiger partial charge in [-0.05, 0) is 45.8 Å². The molecule has 0 unspecified atom stereocenters. The van der Waals surface area contributed by atoms with Gasteiger partial charge in [0.15, 0.2) is 0 Å². The van der Waals surface area contributed by atoms with Gasteiger partial charge in [-0.3, -0.25) is 0 Å². The first-order valence-corrected chi connectivity index (χ1v) is 8.15. The molecule has 1 aromatic heterocycles. The van der Waals surface area contributed by atoms with Crippen LogP contribution in [0.2, 0.25) is 0 Å². The number of thiophene rings is 1. The molecular weight excluding hydrogens is 418 g/mol. The van der Waals surface area contributed by atoms with Crippen LogP contribution >= 0.6 is 27.3 Å². The molecule has 0 bridgehead atoms. The van der Waals surface area contributed by atoms with Crippen LogP contribution < -0.4 is 0 Å². The van der Waals surface area contributed by atoms with Crippen molar-refractivity contribution in [2.24, 2.45) is 0 Å². The molecular formula is C16H7BrF6S. The SMILES string of the molecule is FC(F)(F)c1cc(-c2sc3ccccc3c2Br)cc(C(F)(F)F)c1. The number of rotatable bonds is 1. The van der Waals surface area contributed by atoms with Crippen LogP contribution in [0.15, 0.2) is 46.9 Å². The monoisotopic (exact) mass is 424 g/mol. The fourth-order valence-corrected chi connectivity index (χ4v) is 4.32. The minimum absolute atomic E-state index is 0.120. The first-order chi connectivity index (χ1) is 11.1. The number of fused-ring (bicyclic) bond motifs is 1. The molecule has 0 atom stereocenters. The van der Waals surface area contributed by atoms with Crippen molar-refractivity contribution in [3.63, 3.8) is 0 Å². The van der Waals surface area contributed by atoms with E-state index < -0.39 is 23.5 Å². The standard InChI is InChI=1S/C16H7BrF6S/c17-13-11-3-1-2-4-12(11)24-14(13)8-5-9(15(18,19)20)7-10(6-8)16(21,22)23/h1-7H. The van der Waals surface area contributed by atoms with Gasteiger partial charge in [0.2, 0.25) is 0 Å². The van der Waals surface area contributed by atoms with E-state index in [2.05, 4.69) is 15.9 Å². The Balaban J connectivity index is 2.28. The first-order valence-electron chi connectivity index (χ1n) is 6.54. The van der Waals surface area contributed by atoms with E-state index in [1.807, 2.05) is 0 Å². The van der Waals surface area contributed by atoms with Crippen LogP contribution in [0, 0.1) is 0 Å². The molecule has 1 heterocycles. The van der Waals surface area contributed by atoms with Crippen molar-refractivity contribution in [3.8, 4) is 10.4 Å². The topological polar surface area (TPSA) is 0 Å². The Kier molecular flexibility index (Phi) is 4.16. The summed E-state index contributed by atoms with van der Waals surface area (Å²) in [5.74, 6) is 0. The fourth-order valence-electron chi connectivity index (χ4n) is 2.29. The van der Waals surface area contributed by atoms with Crippen LogP contribution in [0.3, 0.4) is 0 Å². The highest BCUT2D eigenvalue weighted by atomic mass is 79.9. The molecule has 0 N–H and O–H groups in total. The van der Waals surface area contributed by atoms with Crippen LogP contribution in [0.4, 0.5) is 26.3 Å². The molecule has 0 saturated carbocycles. The van der Waals surface area contributed by atoms with Gasteiger partial charge in [-0.1, -0.05) is 18.2 Å². The Bertz CT molecular complexity index is 875. The quantitative estimate of drug-likeness (QED) is 0.357. The minimum Gasteiger partial charge on any atom is -0.166 e. The van der Waals surface area contributed by atoms with E-state index in [0.717, 1.165) is 33.6 Å². The van der Waals surface area contributed by atoms with E-state index in [0.29, 0.717) is 9.35 Å². The number of benzene rings is 2. The average Bonchev–Trinajstić information content (AvgIpc) is 2.83. The second-order valence-corrected chi connectivity index (χ2v) is 6.88. The van der Waals surface area contributed by atoms with Crippen LogP contribution in [0.25, 0.3) is 20.5 Å². The molecule has 0 amide bonds. The molecule has 24 heavy (non-hydrogen) atoms. The van der Waals surface area contributed by atoms with Crippen LogP contribution in [0.1, 0.15) is 11.1 Å². The number of halogens is 7. The zero-order valence-electron chi connectivity index (χ0n) is 11.6. The Labute approximate surface area is 144 Å². The maximum atomic E-state index is 13.0. The first kappa shape index (κ1) is 17.3. The van der Waals surface area contributed by atoms with Crippen molar-refractivity contribution >= 4 is 37.4 Å². The summed E-state index contributed by atoms with van der Waals surface area (Å²) in [6.45, 7) is 0. The van der Waals surface area contributed by atoms with Gasteiger partial charge in [0.1, 0.15) is 0 Å². The summed E-state index contributed by atoms with van der Waals surface area (Å²) in [7, 11) is 0. The Morgan fingerprint density at radius 1 is 0.792 bits per heavy atom. The van der Waals surface area contributed by atoms with E-state index in [1.54, 1.807) is 24.3 Å². The van der Waals surface area contributed by atoms with Crippen molar-refractivity contribution < 1.29 is 26.3 Å². The zero-order chi connectivity index (χ0) is 17.7. The van der Waals surface area contributed by atoms with Gasteiger partial charge in [0.05, 0.1) is 11.1 Å². The third-order valence-electron chi connectivity index (χ3n) is 3.38. The van der Waals surface area contributed by atoms with Gasteiger partial charge in [-0.15, -0.1) is 11.3 Å². The van der Waals surface area contributed by atoms with Crippen LogP contribution in [0.5, 0.6) is 0 Å². The summed E-state index contributed by atoms with van der Waals surface area (Å²) in [5, 5.41) is 0.739. The van der Waals surface area contributed by atoms with E-state index in [-0.39, 0.29) is 11.6 Å². The van der Waals surface area contributed by atoms with Crippen LogP contribution in [-0.4, -0.2) is 0 Å². The predicted octanol–water partition coefficient (Wildman–Crippen LogP) is 7.37. The van der Waals surface area contributed by atoms with Crippen molar-refractivity contribution in [2.45, 2.75) is 12.4 Å². The average molecular weight is 425 g/mol. The summed E-state index contributed by atoms with van der Waals surface area (Å²) in [6, 6.07) is 8.61. The molecule has 126 valence electrons. The van der Waals surface area contributed by atoms with E-state index in [4.69, 9.17) is 0 Å². The maximum Gasteiger partial charge on any atom is 0.416 e. The third-order valence-corrected chi connectivity index (χ3v) is 5.69. The van der Waals surface area contributed by atoms with Gasteiger partial charge in [0, 0.05) is 19.4 Å². The summed E-state index contributed by atoms with van der Waals surface area (Å²) in [6.07, 6.45) is -9.72. The summed E-state index contributed by atoms with van der Waals surface area (Å²) in [4.78, 5) is 0.327. The summed E-state index contributed by atoms with van der Waals surface area (Å²) in [5.41, 5.74) is -2.77. The normalized spacial score (nSPS) is 12.8. The largest absolute Gasteiger partial charge is 0.416 e. The zero-order valence-corrected chi connectivity index (χ0v) is 14.0. The number of alkyl halides is 6. The molecule has 3 aromatic rings. The summed E-state index contributed by atoms with van der Waals surface area (Å²) < 4.78 is 79.1. The molecule has 0 fully saturated rings. The molecule has 0 aliphatic rings. The van der Waals surface area contributed by atoms with Crippen molar-refractivity contribution in [2.75, 3.05) is 0 Å². The fraction of sp³-hybridized carbons (Fsp3) is 0.125. The lowest BCUT2D eigenvalue weighted by Gasteiger charge is -2.14. The number of hydrogen-bond donors (Lipinski definition) is 0. The van der Waals surface area contributed by atoms with Crippen molar-refractivity contribution in [1.82, 2.24) is 0 Å². The predicted molar refractivity (Wildman–Crippen MR) is 85.0 cm³/mol. The minimum atomic E-state index is -4.86. The summed E-state index contributed by atoms with van der Waals surface area (Å²) >= 11 is 4.42. The molecule has 0 spiro atoms. The van der Waals surface area contributed by atoms with Gasteiger partial charge in [-0.25, -0.2) is 0 Å². The lowest BCUT2D eigenvalue weighted by atomic mass is 10.0. The number of hydrogen-bond acceptors (Lipinski definition) is 1. The molecule has 0 nitrogen and oxygen atoms in total. The van der Waals surface area contributed by atoms with Crippen LogP contribution in [-0.2, 0) is 12.4 Å². The molecule has 3 rings (SSSR count). The lowest BCUT2D eigenvalue weighted by Crippen LogP contribution is -2.10. The Morgan fingerprint density at radius 3 is 1.83 bits per heavy atom. The molecule has 0 saturated heterocycles. The smallest absolute Gasteiger partial charge is 0.166 e. The van der Waals surface area contributed by atoms with E-state index in [1.165, 1.54) is 0 Å².